The molecule has 0 saturated heterocycles. The summed E-state index contributed by atoms with van der Waals surface area (Å²) in [5.74, 6) is -0.693. The van der Waals surface area contributed by atoms with Crippen LogP contribution < -0.4 is 5.32 Å². The fraction of sp³-hybridized carbons (Fsp3) is 0.133. The third-order valence-corrected chi connectivity index (χ3v) is 4.10. The highest BCUT2D eigenvalue weighted by Crippen LogP contribution is 2.30. The Morgan fingerprint density at radius 3 is 2.29 bits per heavy atom. The van der Waals surface area contributed by atoms with E-state index in [9.17, 15) is 25.0 Å². The van der Waals surface area contributed by atoms with Crippen molar-refractivity contribution in [1.29, 1.82) is 0 Å². The zero-order chi connectivity index (χ0) is 17.9. The fourth-order valence-electron chi connectivity index (χ4n) is 2.15. The summed E-state index contributed by atoms with van der Waals surface area (Å²) in [5.41, 5.74) is -0.539. The van der Waals surface area contributed by atoms with Crippen molar-refractivity contribution in [3.05, 3.63) is 67.8 Å². The number of aryl methyl sites for hydroxylation is 1. The number of rotatable bonds is 5. The number of carbonyl (C=O) groups excluding carboxylic acids is 1. The van der Waals surface area contributed by atoms with E-state index >= 15 is 0 Å². The number of hydrogen-bond donors (Lipinski definition) is 1. The number of hydrogen-bond acceptors (Lipinski definition) is 6. The quantitative estimate of drug-likeness (QED) is 0.500. The van der Waals surface area contributed by atoms with E-state index in [0.717, 1.165) is 17.0 Å². The largest absolute Gasteiger partial charge is 0.321 e. The minimum atomic E-state index is -0.804. The van der Waals surface area contributed by atoms with Gasteiger partial charge in [0, 0.05) is 10.5 Å². The van der Waals surface area contributed by atoms with Crippen LogP contribution in [-0.2, 0) is 0 Å². The van der Waals surface area contributed by atoms with E-state index in [1.165, 1.54) is 18.7 Å². The molecule has 0 heterocycles. The number of anilines is 1. The lowest BCUT2D eigenvalue weighted by Crippen LogP contribution is -2.15. The van der Waals surface area contributed by atoms with Crippen molar-refractivity contribution in [3.63, 3.8) is 0 Å². The van der Waals surface area contributed by atoms with Crippen LogP contribution in [0.25, 0.3) is 0 Å². The number of nitro groups is 2. The average Bonchev–Trinajstić information content (AvgIpc) is 2.54. The molecule has 0 spiro atoms. The van der Waals surface area contributed by atoms with Crippen LogP contribution in [0.2, 0.25) is 0 Å². The SMILES string of the molecule is CSc1ccccc1NC(=O)c1cc(C)c([N+](=O)[O-])cc1[N+](=O)[O-]. The van der Waals surface area contributed by atoms with Gasteiger partial charge in [-0.15, -0.1) is 11.8 Å². The van der Waals surface area contributed by atoms with Gasteiger partial charge in [0.25, 0.3) is 17.3 Å². The lowest BCUT2D eigenvalue weighted by Gasteiger charge is -2.10. The molecule has 2 rings (SSSR count). The van der Waals surface area contributed by atoms with Gasteiger partial charge in [0.2, 0.25) is 0 Å². The van der Waals surface area contributed by atoms with E-state index in [2.05, 4.69) is 5.32 Å². The monoisotopic (exact) mass is 347 g/mol. The maximum Gasteiger partial charge on any atom is 0.289 e. The number of nitro benzene ring substituents is 2. The topological polar surface area (TPSA) is 115 Å². The smallest absolute Gasteiger partial charge is 0.289 e. The van der Waals surface area contributed by atoms with E-state index in [1.807, 2.05) is 6.26 Å². The Morgan fingerprint density at radius 2 is 1.71 bits per heavy atom. The molecule has 0 aliphatic rings. The summed E-state index contributed by atoms with van der Waals surface area (Å²) in [6.45, 7) is 1.43. The molecule has 1 N–H and O–H groups in total. The number of nitrogens with one attached hydrogen (secondary N) is 1. The number of benzene rings is 2. The third kappa shape index (κ3) is 3.51. The Hall–Kier alpha value is -2.94. The average molecular weight is 347 g/mol. The number of thioether (sulfide) groups is 1. The van der Waals surface area contributed by atoms with Gasteiger partial charge in [0.1, 0.15) is 5.56 Å². The van der Waals surface area contributed by atoms with Crippen LogP contribution >= 0.6 is 11.8 Å². The maximum atomic E-state index is 12.4. The molecular formula is C15H13N3O5S. The molecule has 9 heteroatoms. The summed E-state index contributed by atoms with van der Waals surface area (Å²) >= 11 is 1.41. The van der Waals surface area contributed by atoms with Gasteiger partial charge in [0.05, 0.1) is 21.6 Å². The molecule has 124 valence electrons. The molecule has 0 radical (unpaired) electrons. The molecule has 2 aromatic carbocycles. The Labute approximate surface area is 141 Å². The van der Waals surface area contributed by atoms with Crippen LogP contribution in [0.4, 0.5) is 17.1 Å². The van der Waals surface area contributed by atoms with Crippen molar-refractivity contribution in [2.24, 2.45) is 0 Å². The Morgan fingerprint density at radius 1 is 1.08 bits per heavy atom. The van der Waals surface area contributed by atoms with E-state index in [4.69, 9.17) is 0 Å². The third-order valence-electron chi connectivity index (χ3n) is 3.31. The highest BCUT2D eigenvalue weighted by atomic mass is 32.2. The molecule has 0 aromatic heterocycles. The first-order chi connectivity index (χ1) is 11.3. The lowest BCUT2D eigenvalue weighted by molar-refractivity contribution is -0.394. The van der Waals surface area contributed by atoms with Crippen molar-refractivity contribution in [1.82, 2.24) is 0 Å². The normalized spacial score (nSPS) is 10.2. The molecule has 0 atom stereocenters. The van der Waals surface area contributed by atoms with Gasteiger partial charge in [-0.3, -0.25) is 25.0 Å². The van der Waals surface area contributed by atoms with E-state index in [1.54, 1.807) is 24.3 Å². The zero-order valence-electron chi connectivity index (χ0n) is 12.8. The molecule has 0 unspecified atom stereocenters. The van der Waals surface area contributed by atoms with Gasteiger partial charge in [0.15, 0.2) is 0 Å². The minimum absolute atomic E-state index is 0.175. The van der Waals surface area contributed by atoms with Crippen molar-refractivity contribution in [3.8, 4) is 0 Å². The van der Waals surface area contributed by atoms with Gasteiger partial charge < -0.3 is 5.32 Å². The molecule has 0 bridgehead atoms. The van der Waals surface area contributed by atoms with Crippen molar-refractivity contribution in [2.45, 2.75) is 11.8 Å². The number of amides is 1. The summed E-state index contributed by atoms with van der Waals surface area (Å²) < 4.78 is 0. The lowest BCUT2D eigenvalue weighted by atomic mass is 10.1. The molecule has 0 saturated carbocycles. The first-order valence-corrected chi connectivity index (χ1v) is 7.95. The second-order valence-electron chi connectivity index (χ2n) is 4.82. The molecular weight excluding hydrogens is 334 g/mol. The predicted octanol–water partition coefficient (Wildman–Crippen LogP) is 3.79. The second kappa shape index (κ2) is 7.09. The van der Waals surface area contributed by atoms with Crippen LogP contribution in [0.1, 0.15) is 15.9 Å². The van der Waals surface area contributed by atoms with Gasteiger partial charge in [-0.1, -0.05) is 12.1 Å². The molecule has 1 amide bonds. The Kier molecular flexibility index (Phi) is 5.14. The number of nitrogens with zero attached hydrogens (tertiary/aromatic N) is 2. The van der Waals surface area contributed by atoms with E-state index < -0.39 is 27.1 Å². The van der Waals surface area contributed by atoms with Crippen molar-refractivity contribution >= 4 is 34.7 Å². The van der Waals surface area contributed by atoms with Crippen LogP contribution in [0.15, 0.2) is 41.3 Å². The Bertz CT molecular complexity index is 838. The molecule has 0 fully saturated rings. The van der Waals surface area contributed by atoms with E-state index in [0.29, 0.717) is 5.69 Å². The first kappa shape index (κ1) is 17.4. The summed E-state index contributed by atoms with van der Waals surface area (Å²) in [5, 5.41) is 24.7. The molecule has 0 aliphatic heterocycles. The van der Waals surface area contributed by atoms with Crippen LogP contribution in [0.3, 0.4) is 0 Å². The van der Waals surface area contributed by atoms with Gasteiger partial charge >= 0.3 is 0 Å². The summed E-state index contributed by atoms with van der Waals surface area (Å²) in [6.07, 6.45) is 1.84. The van der Waals surface area contributed by atoms with Crippen LogP contribution in [-0.4, -0.2) is 22.0 Å². The Balaban J connectivity index is 2.47. The molecule has 0 aliphatic carbocycles. The standard InChI is InChI=1S/C15H13N3O5S/c1-9-7-10(13(18(22)23)8-12(9)17(20)21)15(19)16-11-5-3-4-6-14(11)24-2/h3-8H,1-2H3,(H,16,19). The maximum absolute atomic E-state index is 12.4. The number of para-hydroxylation sites is 1. The molecule has 8 nitrogen and oxygen atoms in total. The van der Waals surface area contributed by atoms with Gasteiger partial charge in [-0.25, -0.2) is 0 Å². The van der Waals surface area contributed by atoms with Crippen LogP contribution in [0.5, 0.6) is 0 Å². The minimum Gasteiger partial charge on any atom is -0.321 e. The fourth-order valence-corrected chi connectivity index (χ4v) is 2.71. The highest BCUT2D eigenvalue weighted by Gasteiger charge is 2.26. The molecule has 2 aromatic rings. The second-order valence-corrected chi connectivity index (χ2v) is 5.67. The zero-order valence-corrected chi connectivity index (χ0v) is 13.6. The highest BCUT2D eigenvalue weighted by molar-refractivity contribution is 7.98. The van der Waals surface area contributed by atoms with Crippen molar-refractivity contribution < 1.29 is 14.6 Å². The van der Waals surface area contributed by atoms with Crippen molar-refractivity contribution in [2.75, 3.05) is 11.6 Å². The summed E-state index contributed by atoms with van der Waals surface area (Å²) in [4.78, 5) is 33.8. The molecule has 24 heavy (non-hydrogen) atoms. The van der Waals surface area contributed by atoms with Gasteiger partial charge in [-0.2, -0.15) is 0 Å². The van der Waals surface area contributed by atoms with E-state index in [-0.39, 0.29) is 11.1 Å². The van der Waals surface area contributed by atoms with Crippen LogP contribution in [0, 0.1) is 27.2 Å². The van der Waals surface area contributed by atoms with Gasteiger partial charge in [-0.05, 0) is 31.4 Å². The number of carbonyl (C=O) groups is 1. The summed E-state index contributed by atoms with van der Waals surface area (Å²) in [6, 6.07) is 8.98. The predicted molar refractivity (Wildman–Crippen MR) is 90.7 cm³/mol. The first-order valence-electron chi connectivity index (χ1n) is 6.73. The summed E-state index contributed by atoms with van der Waals surface area (Å²) in [7, 11) is 0.